The minimum absolute atomic E-state index is 0.0177. The molecule has 1 aliphatic heterocycles. The lowest BCUT2D eigenvalue weighted by Gasteiger charge is -2.32. The van der Waals surface area contributed by atoms with Crippen LogP contribution in [0.25, 0.3) is 0 Å². The van der Waals surface area contributed by atoms with Gasteiger partial charge in [-0.2, -0.15) is 0 Å². The van der Waals surface area contributed by atoms with E-state index in [4.69, 9.17) is 0 Å². The Morgan fingerprint density at radius 1 is 1.07 bits per heavy atom. The van der Waals surface area contributed by atoms with Gasteiger partial charge in [-0.1, -0.05) is 38.1 Å². The van der Waals surface area contributed by atoms with Crippen molar-refractivity contribution in [1.29, 1.82) is 0 Å². The fraction of sp³-hybridized carbons (Fsp3) is 0.500. The first kappa shape index (κ1) is 22.5. The van der Waals surface area contributed by atoms with Crippen molar-refractivity contribution in [1.82, 2.24) is 9.80 Å². The topological polar surface area (TPSA) is 23.6 Å². The first-order valence-corrected chi connectivity index (χ1v) is 11.1. The summed E-state index contributed by atoms with van der Waals surface area (Å²) in [5.74, 6) is 1.06. The van der Waals surface area contributed by atoms with Crippen LogP contribution in [0.3, 0.4) is 0 Å². The molecule has 4 heteroatoms. The third-order valence-electron chi connectivity index (χ3n) is 6.13. The maximum atomic E-state index is 13.3. The molecule has 1 fully saturated rings. The molecular formula is C26H35FN2O. The van der Waals surface area contributed by atoms with E-state index in [0.29, 0.717) is 29.9 Å². The minimum atomic E-state index is -0.317. The molecule has 162 valence electrons. The molecule has 2 unspecified atom stereocenters. The summed E-state index contributed by atoms with van der Waals surface area (Å²) < 4.78 is 13.3. The average Bonchev–Trinajstić information content (AvgIpc) is 3.07. The van der Waals surface area contributed by atoms with E-state index < -0.39 is 0 Å². The van der Waals surface area contributed by atoms with Crippen LogP contribution in [0.15, 0.2) is 48.5 Å². The van der Waals surface area contributed by atoms with Gasteiger partial charge in [0.15, 0.2) is 0 Å². The van der Waals surface area contributed by atoms with Crippen LogP contribution in [0.2, 0.25) is 0 Å². The molecule has 0 aliphatic carbocycles. The van der Waals surface area contributed by atoms with Gasteiger partial charge in [0.2, 0.25) is 0 Å². The maximum absolute atomic E-state index is 13.3. The van der Waals surface area contributed by atoms with Crippen molar-refractivity contribution in [2.24, 2.45) is 11.8 Å². The van der Waals surface area contributed by atoms with E-state index in [0.717, 1.165) is 19.6 Å². The van der Waals surface area contributed by atoms with Gasteiger partial charge in [-0.05, 0) is 68.0 Å². The molecule has 0 spiro atoms. The van der Waals surface area contributed by atoms with Gasteiger partial charge in [-0.15, -0.1) is 0 Å². The van der Waals surface area contributed by atoms with Crippen LogP contribution >= 0.6 is 0 Å². The third-order valence-corrected chi connectivity index (χ3v) is 6.13. The first-order chi connectivity index (χ1) is 14.3. The monoisotopic (exact) mass is 410 g/mol. The van der Waals surface area contributed by atoms with E-state index in [1.165, 1.54) is 23.3 Å². The Hall–Kier alpha value is -2.20. The summed E-state index contributed by atoms with van der Waals surface area (Å²) in [4.78, 5) is 17.8. The maximum Gasteiger partial charge on any atom is 0.254 e. The summed E-state index contributed by atoms with van der Waals surface area (Å²) in [6, 6.07) is 14.6. The number of benzene rings is 2. The fourth-order valence-corrected chi connectivity index (χ4v) is 4.71. The van der Waals surface area contributed by atoms with E-state index in [1.807, 2.05) is 4.90 Å². The number of hydrogen-bond donors (Lipinski definition) is 0. The van der Waals surface area contributed by atoms with Gasteiger partial charge in [0.25, 0.3) is 5.91 Å². The number of carbonyl (C=O) groups excluding carboxylic acids is 1. The second kappa shape index (κ2) is 9.74. The van der Waals surface area contributed by atoms with Gasteiger partial charge in [-0.25, -0.2) is 4.39 Å². The highest BCUT2D eigenvalue weighted by atomic mass is 19.1. The average molecular weight is 411 g/mol. The lowest BCUT2D eigenvalue weighted by atomic mass is 9.86. The molecule has 0 bridgehead atoms. The standard InChI is InChI=1S/C26H35FN2O/c1-18(2)14-28-15-22(25(17-28)24-9-7-6-8-20(24)5)16-29(19(3)4)26(30)21-10-12-23(27)13-11-21/h6-13,18-19,22,25H,14-17H2,1-5H3. The second-order valence-corrected chi connectivity index (χ2v) is 9.39. The molecule has 1 amide bonds. The molecule has 0 aromatic heterocycles. The van der Waals surface area contributed by atoms with Gasteiger partial charge >= 0.3 is 0 Å². The zero-order valence-corrected chi connectivity index (χ0v) is 18.9. The molecule has 2 aromatic carbocycles. The van der Waals surface area contributed by atoms with Crippen LogP contribution in [0.4, 0.5) is 4.39 Å². The molecule has 2 aromatic rings. The predicted molar refractivity (Wildman–Crippen MR) is 121 cm³/mol. The molecule has 1 saturated heterocycles. The molecule has 1 aliphatic rings. The van der Waals surface area contributed by atoms with Crippen molar-refractivity contribution < 1.29 is 9.18 Å². The third kappa shape index (κ3) is 5.28. The summed E-state index contributed by atoms with van der Waals surface area (Å²) in [5, 5.41) is 0. The van der Waals surface area contributed by atoms with Gasteiger partial charge in [-0.3, -0.25) is 4.79 Å². The molecule has 0 N–H and O–H groups in total. The molecule has 0 saturated carbocycles. The van der Waals surface area contributed by atoms with Crippen LogP contribution in [-0.2, 0) is 0 Å². The number of rotatable bonds is 7. The van der Waals surface area contributed by atoms with E-state index in [9.17, 15) is 9.18 Å². The van der Waals surface area contributed by atoms with Crippen molar-refractivity contribution in [3.05, 3.63) is 71.0 Å². The lowest BCUT2D eigenvalue weighted by Crippen LogP contribution is -2.42. The molecular weight excluding hydrogens is 375 g/mol. The number of amides is 1. The van der Waals surface area contributed by atoms with E-state index >= 15 is 0 Å². The van der Waals surface area contributed by atoms with E-state index in [-0.39, 0.29) is 17.8 Å². The van der Waals surface area contributed by atoms with Crippen molar-refractivity contribution in [3.8, 4) is 0 Å². The van der Waals surface area contributed by atoms with Crippen LogP contribution in [0.5, 0.6) is 0 Å². The van der Waals surface area contributed by atoms with Crippen LogP contribution < -0.4 is 0 Å². The number of hydrogen-bond acceptors (Lipinski definition) is 2. The summed E-state index contributed by atoms with van der Waals surface area (Å²) in [7, 11) is 0. The van der Waals surface area contributed by atoms with Crippen LogP contribution in [-0.4, -0.2) is 47.9 Å². The van der Waals surface area contributed by atoms with Crippen molar-refractivity contribution in [2.75, 3.05) is 26.2 Å². The highest BCUT2D eigenvalue weighted by Crippen LogP contribution is 2.35. The van der Waals surface area contributed by atoms with Gasteiger partial charge in [0.05, 0.1) is 0 Å². The highest BCUT2D eigenvalue weighted by molar-refractivity contribution is 5.94. The summed E-state index contributed by atoms with van der Waals surface area (Å²) in [6.07, 6.45) is 0. The zero-order chi connectivity index (χ0) is 21.8. The van der Waals surface area contributed by atoms with Gasteiger partial charge < -0.3 is 9.80 Å². The number of nitrogens with zero attached hydrogens (tertiary/aromatic N) is 2. The van der Waals surface area contributed by atoms with Crippen molar-refractivity contribution in [3.63, 3.8) is 0 Å². The number of likely N-dealkylation sites (tertiary alicyclic amines) is 1. The summed E-state index contributed by atoms with van der Waals surface area (Å²) in [5.41, 5.74) is 3.26. The fourth-order valence-electron chi connectivity index (χ4n) is 4.71. The van der Waals surface area contributed by atoms with Gasteiger partial charge in [0.1, 0.15) is 5.82 Å². The normalized spacial score (nSPS) is 19.6. The largest absolute Gasteiger partial charge is 0.336 e. The molecule has 3 rings (SSSR count). The molecule has 1 heterocycles. The van der Waals surface area contributed by atoms with E-state index in [2.05, 4.69) is 63.8 Å². The zero-order valence-electron chi connectivity index (χ0n) is 18.9. The Labute approximate surface area is 180 Å². The van der Waals surface area contributed by atoms with Crippen LogP contribution in [0, 0.1) is 24.6 Å². The molecule has 30 heavy (non-hydrogen) atoms. The molecule has 2 atom stereocenters. The van der Waals surface area contributed by atoms with E-state index in [1.54, 1.807) is 12.1 Å². The van der Waals surface area contributed by atoms with Crippen LogP contribution in [0.1, 0.15) is 55.1 Å². The summed E-state index contributed by atoms with van der Waals surface area (Å²) >= 11 is 0. The Kier molecular flexibility index (Phi) is 7.30. The number of carbonyl (C=O) groups is 1. The summed E-state index contributed by atoms with van der Waals surface area (Å²) in [6.45, 7) is 14.6. The lowest BCUT2D eigenvalue weighted by molar-refractivity contribution is 0.0668. The minimum Gasteiger partial charge on any atom is -0.336 e. The quantitative estimate of drug-likeness (QED) is 0.614. The van der Waals surface area contributed by atoms with Crippen molar-refractivity contribution >= 4 is 5.91 Å². The van der Waals surface area contributed by atoms with Gasteiger partial charge in [0, 0.05) is 43.7 Å². The Morgan fingerprint density at radius 2 is 1.73 bits per heavy atom. The first-order valence-electron chi connectivity index (χ1n) is 11.1. The number of halogens is 1. The number of aryl methyl sites for hydroxylation is 1. The Bertz CT molecular complexity index is 846. The SMILES string of the molecule is Cc1ccccc1C1CN(CC(C)C)CC1CN(C(=O)c1ccc(F)cc1)C(C)C. The molecule has 3 nitrogen and oxygen atoms in total. The Morgan fingerprint density at radius 3 is 2.33 bits per heavy atom. The highest BCUT2D eigenvalue weighted by Gasteiger charge is 2.37. The molecule has 0 radical (unpaired) electrons. The Balaban J connectivity index is 1.85. The van der Waals surface area contributed by atoms with Crippen molar-refractivity contribution in [2.45, 2.75) is 46.6 Å². The smallest absolute Gasteiger partial charge is 0.254 e. The second-order valence-electron chi connectivity index (χ2n) is 9.39. The predicted octanol–water partition coefficient (Wildman–Crippen LogP) is 5.36.